The molecule has 0 bridgehead atoms. The minimum atomic E-state index is -3.91. The lowest BCUT2D eigenvalue weighted by atomic mass is 10.1. The van der Waals surface area contributed by atoms with Crippen LogP contribution < -0.4 is 19.1 Å². The molecule has 0 radical (unpaired) electrons. The second kappa shape index (κ2) is 10.6. The average molecular weight is 489 g/mol. The van der Waals surface area contributed by atoms with E-state index in [1.54, 1.807) is 31.4 Å². The average Bonchev–Trinajstić information content (AvgIpc) is 2.84. The van der Waals surface area contributed by atoms with Gasteiger partial charge in [0.05, 0.1) is 35.4 Å². The molecule has 0 aliphatic carbocycles. The molecule has 7 nitrogen and oxygen atoms in total. The van der Waals surface area contributed by atoms with Crippen LogP contribution in [0.15, 0.2) is 71.6 Å². The van der Waals surface area contributed by atoms with Crippen molar-refractivity contribution in [2.75, 3.05) is 32.1 Å². The van der Waals surface area contributed by atoms with Gasteiger partial charge in [-0.25, -0.2) is 8.42 Å². The molecule has 0 atom stereocenters. The van der Waals surface area contributed by atoms with E-state index < -0.39 is 15.9 Å². The summed E-state index contributed by atoms with van der Waals surface area (Å²) in [6.45, 7) is 0.365. The van der Waals surface area contributed by atoms with Crippen LogP contribution in [0.25, 0.3) is 0 Å². The monoisotopic (exact) mass is 488 g/mol. The Kier molecular flexibility index (Phi) is 7.84. The quantitative estimate of drug-likeness (QED) is 0.489. The Bertz CT molecular complexity index is 1210. The number of rotatable bonds is 9. The zero-order valence-electron chi connectivity index (χ0n) is 18.5. The maximum atomic E-state index is 13.1. The van der Waals surface area contributed by atoms with Crippen molar-refractivity contribution in [3.8, 4) is 11.5 Å². The minimum Gasteiger partial charge on any atom is -0.497 e. The van der Waals surface area contributed by atoms with Crippen LogP contribution in [-0.2, 0) is 16.4 Å². The Hall–Kier alpha value is -3.23. The van der Waals surface area contributed by atoms with Crippen molar-refractivity contribution in [1.29, 1.82) is 0 Å². The third-order valence-electron chi connectivity index (χ3n) is 5.14. The topological polar surface area (TPSA) is 84.9 Å². The second-order valence-electron chi connectivity index (χ2n) is 7.17. The number of benzene rings is 3. The molecule has 0 aliphatic rings. The molecule has 9 heteroatoms. The third kappa shape index (κ3) is 5.77. The first-order chi connectivity index (χ1) is 15.8. The molecule has 0 heterocycles. The summed E-state index contributed by atoms with van der Waals surface area (Å²) in [7, 11) is 0.666. The van der Waals surface area contributed by atoms with Gasteiger partial charge in [-0.15, -0.1) is 0 Å². The zero-order chi connectivity index (χ0) is 24.0. The first-order valence-electron chi connectivity index (χ1n) is 10.1. The summed E-state index contributed by atoms with van der Waals surface area (Å²) in [4.78, 5) is 12.7. The molecule has 3 aromatic rings. The number of carbonyl (C=O) groups is 1. The molecular weight excluding hydrogens is 464 g/mol. The van der Waals surface area contributed by atoms with Crippen molar-refractivity contribution in [2.24, 2.45) is 0 Å². The Labute approximate surface area is 198 Å². The molecule has 0 fully saturated rings. The van der Waals surface area contributed by atoms with Gasteiger partial charge < -0.3 is 14.8 Å². The predicted octanol–water partition coefficient (Wildman–Crippen LogP) is 4.15. The molecule has 0 saturated carbocycles. The Balaban J connectivity index is 1.73. The summed E-state index contributed by atoms with van der Waals surface area (Å²) in [5, 5.41) is 2.96. The van der Waals surface area contributed by atoms with Crippen molar-refractivity contribution in [1.82, 2.24) is 5.32 Å². The highest BCUT2D eigenvalue weighted by atomic mass is 35.5. The van der Waals surface area contributed by atoms with Crippen LogP contribution in [0.2, 0.25) is 5.02 Å². The van der Waals surface area contributed by atoms with Crippen LogP contribution in [0.5, 0.6) is 11.5 Å². The summed E-state index contributed by atoms with van der Waals surface area (Å²) in [5.41, 5.74) is 1.58. The number of anilines is 1. The second-order valence-corrected chi connectivity index (χ2v) is 9.54. The lowest BCUT2D eigenvalue weighted by molar-refractivity contribution is 0.0954. The number of halogens is 1. The molecule has 0 spiro atoms. The lowest BCUT2D eigenvalue weighted by Gasteiger charge is -2.20. The number of hydrogen-bond donors (Lipinski definition) is 1. The summed E-state index contributed by atoms with van der Waals surface area (Å²) >= 11 is 6.20. The highest BCUT2D eigenvalue weighted by Gasteiger charge is 2.24. The van der Waals surface area contributed by atoms with Gasteiger partial charge in [0.1, 0.15) is 11.5 Å². The molecule has 1 amide bonds. The SMILES string of the molecule is COc1ccc(CCNC(=O)c2cc(S(=O)(=O)N(C)c3ccc(OC)cc3)ccc2Cl)cc1. The van der Waals surface area contributed by atoms with Crippen LogP contribution in [0.3, 0.4) is 0 Å². The van der Waals surface area contributed by atoms with Crippen LogP contribution in [0, 0.1) is 0 Å². The number of methoxy groups -OCH3 is 2. The Morgan fingerprint density at radius 2 is 1.52 bits per heavy atom. The first kappa shape index (κ1) is 24.4. The fourth-order valence-electron chi connectivity index (χ4n) is 3.14. The van der Waals surface area contributed by atoms with Gasteiger partial charge in [-0.05, 0) is 66.6 Å². The molecule has 174 valence electrons. The normalized spacial score (nSPS) is 11.0. The van der Waals surface area contributed by atoms with Crippen molar-refractivity contribution in [3.05, 3.63) is 82.9 Å². The molecule has 1 N–H and O–H groups in total. The third-order valence-corrected chi connectivity index (χ3v) is 7.25. The van der Waals surface area contributed by atoms with Crippen molar-refractivity contribution in [3.63, 3.8) is 0 Å². The number of nitrogens with zero attached hydrogens (tertiary/aromatic N) is 1. The molecule has 3 rings (SSSR count). The van der Waals surface area contributed by atoms with Crippen LogP contribution in [0.1, 0.15) is 15.9 Å². The minimum absolute atomic E-state index is 0.0366. The van der Waals surface area contributed by atoms with Gasteiger partial charge in [-0.1, -0.05) is 23.7 Å². The molecule has 33 heavy (non-hydrogen) atoms. The maximum Gasteiger partial charge on any atom is 0.264 e. The number of carbonyl (C=O) groups excluding carboxylic acids is 1. The summed E-state index contributed by atoms with van der Waals surface area (Å²) < 4.78 is 37.7. The molecule has 0 aromatic heterocycles. The van der Waals surface area contributed by atoms with Gasteiger partial charge in [0.15, 0.2) is 0 Å². The van der Waals surface area contributed by atoms with E-state index in [9.17, 15) is 13.2 Å². The fourth-order valence-corrected chi connectivity index (χ4v) is 4.56. The van der Waals surface area contributed by atoms with Crippen molar-refractivity contribution < 1.29 is 22.7 Å². The van der Waals surface area contributed by atoms with E-state index in [4.69, 9.17) is 21.1 Å². The van der Waals surface area contributed by atoms with Crippen LogP contribution in [0.4, 0.5) is 5.69 Å². The molecular formula is C24H25ClN2O5S. The summed E-state index contributed by atoms with van der Waals surface area (Å²) in [5.74, 6) is 0.925. The Morgan fingerprint density at radius 1 is 0.939 bits per heavy atom. The van der Waals surface area contributed by atoms with E-state index in [-0.39, 0.29) is 15.5 Å². The molecule has 3 aromatic carbocycles. The number of nitrogens with one attached hydrogen (secondary N) is 1. The molecule has 0 unspecified atom stereocenters. The van der Waals surface area contributed by atoms with Crippen LogP contribution >= 0.6 is 11.6 Å². The van der Waals surface area contributed by atoms with Gasteiger partial charge in [0.2, 0.25) is 0 Å². The van der Waals surface area contributed by atoms with Gasteiger partial charge in [-0.2, -0.15) is 0 Å². The van der Waals surface area contributed by atoms with E-state index in [0.717, 1.165) is 15.6 Å². The molecule has 0 aliphatic heterocycles. The van der Waals surface area contributed by atoms with Gasteiger partial charge in [-0.3, -0.25) is 9.10 Å². The fraction of sp³-hybridized carbons (Fsp3) is 0.208. The largest absolute Gasteiger partial charge is 0.497 e. The van der Waals surface area contributed by atoms with Gasteiger partial charge in [0, 0.05) is 13.6 Å². The van der Waals surface area contributed by atoms with E-state index in [1.807, 2.05) is 24.3 Å². The number of amides is 1. The van der Waals surface area contributed by atoms with E-state index >= 15 is 0 Å². The van der Waals surface area contributed by atoms with Gasteiger partial charge in [0.25, 0.3) is 15.9 Å². The number of hydrogen-bond acceptors (Lipinski definition) is 5. The number of sulfonamides is 1. The van der Waals surface area contributed by atoms with E-state index in [2.05, 4.69) is 5.32 Å². The van der Waals surface area contributed by atoms with Crippen LogP contribution in [-0.4, -0.2) is 42.1 Å². The zero-order valence-corrected chi connectivity index (χ0v) is 20.1. The smallest absolute Gasteiger partial charge is 0.264 e. The molecule has 0 saturated heterocycles. The first-order valence-corrected chi connectivity index (χ1v) is 11.9. The lowest BCUT2D eigenvalue weighted by Crippen LogP contribution is -2.28. The number of ether oxygens (including phenoxy) is 2. The highest BCUT2D eigenvalue weighted by molar-refractivity contribution is 7.92. The maximum absolute atomic E-state index is 13.1. The van der Waals surface area contributed by atoms with Crippen molar-refractivity contribution >= 4 is 33.2 Å². The van der Waals surface area contributed by atoms with Crippen molar-refractivity contribution in [2.45, 2.75) is 11.3 Å². The highest BCUT2D eigenvalue weighted by Crippen LogP contribution is 2.27. The summed E-state index contributed by atoms with van der Waals surface area (Å²) in [6.07, 6.45) is 0.603. The van der Waals surface area contributed by atoms with E-state index in [1.165, 1.54) is 32.4 Å². The Morgan fingerprint density at radius 3 is 2.09 bits per heavy atom. The summed E-state index contributed by atoms with van der Waals surface area (Å²) in [6, 6.07) is 18.2. The standard InChI is InChI=1S/C24H25ClN2O5S/c1-27(18-6-10-20(32-3)11-7-18)33(29,30)21-12-13-23(25)22(16-21)24(28)26-15-14-17-4-8-19(31-2)9-5-17/h4-13,16H,14-15H2,1-3H3,(H,26,28). The van der Waals surface area contributed by atoms with E-state index in [0.29, 0.717) is 24.4 Å². The predicted molar refractivity (Wildman–Crippen MR) is 129 cm³/mol. The van der Waals surface area contributed by atoms with Gasteiger partial charge >= 0.3 is 0 Å².